The lowest BCUT2D eigenvalue weighted by atomic mass is 10.2. The van der Waals surface area contributed by atoms with Crippen molar-refractivity contribution in [2.75, 3.05) is 24.3 Å². The van der Waals surface area contributed by atoms with E-state index in [2.05, 4.69) is 15.4 Å². The maximum Gasteiger partial charge on any atom is 0.387 e. The molecule has 2 rings (SSSR count). The van der Waals surface area contributed by atoms with E-state index in [9.17, 15) is 13.6 Å². The number of carbonyl (C=O) groups excluding carboxylic acids is 1. The van der Waals surface area contributed by atoms with E-state index in [1.807, 2.05) is 0 Å². The Balaban J connectivity index is 1.97. The van der Waals surface area contributed by atoms with E-state index in [0.717, 1.165) is 0 Å². The Morgan fingerprint density at radius 2 is 1.65 bits per heavy atom. The first kappa shape index (κ1) is 16.5. The average Bonchev–Trinajstić information content (AvgIpc) is 2.54. The van der Waals surface area contributed by atoms with Crippen LogP contribution in [0, 0.1) is 0 Å². The predicted octanol–water partition coefficient (Wildman–Crippen LogP) is 3.35. The smallest absolute Gasteiger partial charge is 0.387 e. The molecule has 0 atom stereocenters. The molecule has 0 heterocycles. The zero-order valence-corrected chi connectivity index (χ0v) is 12.4. The third-order valence-corrected chi connectivity index (χ3v) is 2.92. The van der Waals surface area contributed by atoms with E-state index >= 15 is 0 Å². The fraction of sp³-hybridized carbons (Fsp3) is 0.188. The van der Waals surface area contributed by atoms with Gasteiger partial charge in [-0.15, -0.1) is 0 Å². The second-order valence-electron chi connectivity index (χ2n) is 4.48. The van der Waals surface area contributed by atoms with Crippen LogP contribution in [0.3, 0.4) is 0 Å². The van der Waals surface area contributed by atoms with E-state index in [1.165, 1.54) is 13.2 Å². The zero-order valence-electron chi connectivity index (χ0n) is 12.4. The Kier molecular flexibility index (Phi) is 5.74. The van der Waals surface area contributed by atoms with Crippen molar-refractivity contribution in [3.8, 4) is 11.5 Å². The Bertz CT molecular complexity index is 665. The van der Waals surface area contributed by atoms with Crippen LogP contribution >= 0.6 is 0 Å². The van der Waals surface area contributed by atoms with Crippen molar-refractivity contribution in [2.24, 2.45) is 0 Å². The summed E-state index contributed by atoms with van der Waals surface area (Å²) < 4.78 is 34.2. The van der Waals surface area contributed by atoms with E-state index < -0.39 is 6.61 Å². The van der Waals surface area contributed by atoms with Crippen molar-refractivity contribution in [2.45, 2.75) is 6.61 Å². The van der Waals surface area contributed by atoms with Gasteiger partial charge in [-0.25, -0.2) is 0 Å². The number of carbonyl (C=O) groups is 1. The van der Waals surface area contributed by atoms with Crippen LogP contribution in [0.1, 0.15) is 0 Å². The number of ether oxygens (including phenoxy) is 2. The molecule has 0 aliphatic heterocycles. The Labute approximate surface area is 132 Å². The monoisotopic (exact) mass is 322 g/mol. The zero-order chi connectivity index (χ0) is 16.7. The number of amides is 1. The number of alkyl halides is 2. The molecule has 0 aliphatic carbocycles. The van der Waals surface area contributed by atoms with Crippen LogP contribution in [0.15, 0.2) is 48.5 Å². The highest BCUT2D eigenvalue weighted by atomic mass is 19.3. The number of rotatable bonds is 7. The van der Waals surface area contributed by atoms with E-state index in [4.69, 9.17) is 4.74 Å². The first-order valence-corrected chi connectivity index (χ1v) is 6.80. The summed E-state index contributed by atoms with van der Waals surface area (Å²) in [6.07, 6.45) is 0. The maximum absolute atomic E-state index is 12.3. The molecule has 0 fully saturated rings. The van der Waals surface area contributed by atoms with Gasteiger partial charge in [0.2, 0.25) is 5.91 Å². The highest BCUT2D eigenvalue weighted by molar-refractivity contribution is 5.95. The number of benzene rings is 2. The Morgan fingerprint density at radius 1 is 1.04 bits per heavy atom. The average molecular weight is 322 g/mol. The quantitative estimate of drug-likeness (QED) is 0.821. The van der Waals surface area contributed by atoms with E-state index in [-0.39, 0.29) is 18.2 Å². The molecule has 5 nitrogen and oxygen atoms in total. The lowest BCUT2D eigenvalue weighted by Gasteiger charge is -2.13. The van der Waals surface area contributed by atoms with Crippen molar-refractivity contribution in [3.63, 3.8) is 0 Å². The molecule has 122 valence electrons. The fourth-order valence-corrected chi connectivity index (χ4v) is 1.93. The van der Waals surface area contributed by atoms with Gasteiger partial charge in [-0.05, 0) is 24.3 Å². The van der Waals surface area contributed by atoms with Crippen molar-refractivity contribution in [3.05, 3.63) is 48.5 Å². The number of anilines is 2. The third-order valence-electron chi connectivity index (χ3n) is 2.92. The minimum atomic E-state index is -2.93. The molecule has 0 aliphatic rings. The summed E-state index contributed by atoms with van der Waals surface area (Å²) >= 11 is 0. The van der Waals surface area contributed by atoms with Crippen LogP contribution in [0.4, 0.5) is 20.2 Å². The second-order valence-corrected chi connectivity index (χ2v) is 4.48. The summed E-state index contributed by atoms with van der Waals surface area (Å²) in [7, 11) is 1.50. The van der Waals surface area contributed by atoms with Gasteiger partial charge in [-0.1, -0.05) is 24.3 Å². The summed E-state index contributed by atoms with van der Waals surface area (Å²) in [5, 5.41) is 5.44. The molecule has 2 aromatic carbocycles. The number of halogens is 2. The largest absolute Gasteiger partial charge is 0.495 e. The summed E-state index contributed by atoms with van der Waals surface area (Å²) in [4.78, 5) is 12.0. The van der Waals surface area contributed by atoms with Gasteiger partial charge in [0, 0.05) is 0 Å². The molecular formula is C16H16F2N2O3. The standard InChI is InChI=1S/C16H16F2N2O3/c1-22-13-8-4-3-7-12(13)20-15(21)10-19-11-6-2-5-9-14(11)23-16(17)18/h2-9,16,19H,10H2,1H3,(H,20,21). The Hall–Kier alpha value is -2.83. The van der Waals surface area contributed by atoms with Gasteiger partial charge in [-0.3, -0.25) is 4.79 Å². The number of hydrogen-bond acceptors (Lipinski definition) is 4. The van der Waals surface area contributed by atoms with Crippen LogP contribution < -0.4 is 20.1 Å². The highest BCUT2D eigenvalue weighted by Crippen LogP contribution is 2.26. The summed E-state index contributed by atoms with van der Waals surface area (Å²) in [6.45, 7) is -3.04. The molecule has 0 unspecified atom stereocenters. The molecule has 0 bridgehead atoms. The molecule has 2 aromatic rings. The van der Waals surface area contributed by atoms with Crippen LogP contribution in [-0.4, -0.2) is 26.2 Å². The van der Waals surface area contributed by atoms with Gasteiger partial charge in [0.1, 0.15) is 11.5 Å². The number of methoxy groups -OCH3 is 1. The fourth-order valence-electron chi connectivity index (χ4n) is 1.93. The predicted molar refractivity (Wildman–Crippen MR) is 83.2 cm³/mol. The first-order valence-electron chi connectivity index (χ1n) is 6.80. The van der Waals surface area contributed by atoms with E-state index in [1.54, 1.807) is 42.5 Å². The van der Waals surface area contributed by atoms with Crippen molar-refractivity contribution < 1.29 is 23.0 Å². The third kappa shape index (κ3) is 4.84. The lowest BCUT2D eigenvalue weighted by Crippen LogP contribution is -2.22. The van der Waals surface area contributed by atoms with Gasteiger partial charge < -0.3 is 20.1 Å². The van der Waals surface area contributed by atoms with Gasteiger partial charge in [0.05, 0.1) is 25.0 Å². The van der Waals surface area contributed by atoms with Crippen molar-refractivity contribution in [1.29, 1.82) is 0 Å². The topological polar surface area (TPSA) is 59.6 Å². The van der Waals surface area contributed by atoms with E-state index in [0.29, 0.717) is 17.1 Å². The number of hydrogen-bond donors (Lipinski definition) is 2. The van der Waals surface area contributed by atoms with Gasteiger partial charge in [0.25, 0.3) is 0 Å². The van der Waals surface area contributed by atoms with Crippen LogP contribution in [0.5, 0.6) is 11.5 Å². The molecule has 0 aromatic heterocycles. The number of para-hydroxylation sites is 4. The summed E-state index contributed by atoms with van der Waals surface area (Å²) in [6, 6.07) is 13.1. The molecule has 0 spiro atoms. The van der Waals surface area contributed by atoms with Crippen LogP contribution in [0.2, 0.25) is 0 Å². The molecule has 23 heavy (non-hydrogen) atoms. The molecule has 1 amide bonds. The second kappa shape index (κ2) is 7.98. The van der Waals surface area contributed by atoms with Crippen LogP contribution in [0.25, 0.3) is 0 Å². The van der Waals surface area contributed by atoms with Gasteiger partial charge in [0.15, 0.2) is 0 Å². The van der Waals surface area contributed by atoms with Crippen molar-refractivity contribution >= 4 is 17.3 Å². The molecule has 0 saturated carbocycles. The minimum absolute atomic E-state index is 0.0207. The van der Waals surface area contributed by atoms with Crippen LogP contribution in [-0.2, 0) is 4.79 Å². The minimum Gasteiger partial charge on any atom is -0.495 e. The van der Waals surface area contributed by atoms with Gasteiger partial charge >= 0.3 is 6.61 Å². The maximum atomic E-state index is 12.3. The Morgan fingerprint density at radius 3 is 2.30 bits per heavy atom. The van der Waals surface area contributed by atoms with Gasteiger partial charge in [-0.2, -0.15) is 8.78 Å². The van der Waals surface area contributed by atoms with Crippen molar-refractivity contribution in [1.82, 2.24) is 0 Å². The molecule has 7 heteroatoms. The summed E-state index contributed by atoms with van der Waals surface area (Å²) in [5.41, 5.74) is 0.835. The summed E-state index contributed by atoms with van der Waals surface area (Å²) in [5.74, 6) is 0.163. The molecule has 2 N–H and O–H groups in total. The molecular weight excluding hydrogens is 306 g/mol. The SMILES string of the molecule is COc1ccccc1NC(=O)CNc1ccccc1OC(F)F. The lowest BCUT2D eigenvalue weighted by molar-refractivity contribution is -0.114. The molecule has 0 saturated heterocycles. The normalized spacial score (nSPS) is 10.3. The number of nitrogens with one attached hydrogen (secondary N) is 2. The highest BCUT2D eigenvalue weighted by Gasteiger charge is 2.11. The molecule has 0 radical (unpaired) electrons. The first-order chi connectivity index (χ1) is 11.1.